The summed E-state index contributed by atoms with van der Waals surface area (Å²) in [5.41, 5.74) is 0. The third-order valence-corrected chi connectivity index (χ3v) is 4.82. The van der Waals surface area contributed by atoms with Crippen LogP contribution in [0.25, 0.3) is 0 Å². The Hall–Kier alpha value is -1.06. The van der Waals surface area contributed by atoms with Crippen molar-refractivity contribution in [2.24, 2.45) is 5.92 Å². The van der Waals surface area contributed by atoms with Crippen LogP contribution in [0.1, 0.15) is 32.6 Å². The smallest absolute Gasteiger partial charge is 0.119 e. The van der Waals surface area contributed by atoms with Gasteiger partial charge in [-0.05, 0) is 57.2 Å². The number of nitrogens with one attached hydrogen (secondary N) is 1. The van der Waals surface area contributed by atoms with Gasteiger partial charge in [0.1, 0.15) is 5.75 Å². The average Bonchev–Trinajstić information content (AvgIpc) is 3.34. The molecule has 2 atom stereocenters. The first-order valence-electron chi connectivity index (χ1n) is 8.48. The summed E-state index contributed by atoms with van der Waals surface area (Å²) >= 11 is 0. The first-order chi connectivity index (χ1) is 10.3. The summed E-state index contributed by atoms with van der Waals surface area (Å²) in [5, 5.41) is 3.75. The molecule has 1 saturated heterocycles. The van der Waals surface area contributed by atoms with Crippen LogP contribution in [0, 0.1) is 5.92 Å². The highest BCUT2D eigenvalue weighted by molar-refractivity contribution is 5.20. The van der Waals surface area contributed by atoms with Crippen molar-refractivity contribution in [3.63, 3.8) is 0 Å². The van der Waals surface area contributed by atoms with Gasteiger partial charge < -0.3 is 10.1 Å². The second-order valence-electron chi connectivity index (χ2n) is 6.55. The molecule has 2 fully saturated rings. The SMILES string of the molecule is CC1CCNC(C2CC2)CN1CCCOc1ccccc1. The fourth-order valence-corrected chi connectivity index (χ4v) is 3.26. The maximum atomic E-state index is 5.81. The monoisotopic (exact) mass is 288 g/mol. The minimum atomic E-state index is 0.693. The van der Waals surface area contributed by atoms with Crippen LogP contribution in [0.5, 0.6) is 5.75 Å². The van der Waals surface area contributed by atoms with Crippen molar-refractivity contribution in [3.05, 3.63) is 30.3 Å². The third-order valence-electron chi connectivity index (χ3n) is 4.82. The first kappa shape index (κ1) is 14.9. The molecule has 1 N–H and O–H groups in total. The van der Waals surface area contributed by atoms with Gasteiger partial charge in [0.05, 0.1) is 6.61 Å². The summed E-state index contributed by atoms with van der Waals surface area (Å²) in [6, 6.07) is 11.6. The van der Waals surface area contributed by atoms with E-state index in [1.807, 2.05) is 30.3 Å². The van der Waals surface area contributed by atoms with Crippen LogP contribution in [0.2, 0.25) is 0 Å². The van der Waals surface area contributed by atoms with Crippen molar-refractivity contribution in [2.45, 2.75) is 44.7 Å². The van der Waals surface area contributed by atoms with Gasteiger partial charge in [-0.15, -0.1) is 0 Å². The zero-order chi connectivity index (χ0) is 14.5. The van der Waals surface area contributed by atoms with Gasteiger partial charge in [0.15, 0.2) is 0 Å². The average molecular weight is 288 g/mol. The highest BCUT2D eigenvalue weighted by atomic mass is 16.5. The lowest BCUT2D eigenvalue weighted by Gasteiger charge is -2.29. The molecule has 1 aromatic carbocycles. The van der Waals surface area contributed by atoms with E-state index in [4.69, 9.17) is 4.74 Å². The number of hydrogen-bond acceptors (Lipinski definition) is 3. The molecule has 1 aliphatic heterocycles. The molecule has 3 heteroatoms. The summed E-state index contributed by atoms with van der Waals surface area (Å²) in [4.78, 5) is 2.66. The summed E-state index contributed by atoms with van der Waals surface area (Å²) in [6.45, 7) is 6.74. The zero-order valence-corrected chi connectivity index (χ0v) is 13.1. The summed E-state index contributed by atoms with van der Waals surface area (Å²) < 4.78 is 5.81. The Morgan fingerprint density at radius 1 is 1.19 bits per heavy atom. The Balaban J connectivity index is 1.42. The summed E-state index contributed by atoms with van der Waals surface area (Å²) in [6.07, 6.45) is 5.23. The van der Waals surface area contributed by atoms with E-state index in [2.05, 4.69) is 17.1 Å². The van der Waals surface area contributed by atoms with Crippen LogP contribution in [0.3, 0.4) is 0 Å². The molecular formula is C18H28N2O. The number of benzene rings is 1. The lowest BCUT2D eigenvalue weighted by molar-refractivity contribution is 0.181. The topological polar surface area (TPSA) is 24.5 Å². The van der Waals surface area contributed by atoms with Crippen molar-refractivity contribution in [2.75, 3.05) is 26.2 Å². The standard InChI is InChI=1S/C18H28N2O/c1-15-10-11-19-18(16-8-9-16)14-20(15)12-5-13-21-17-6-3-2-4-7-17/h2-4,6-7,15-16,18-19H,5,8-14H2,1H3. The number of hydrogen-bond donors (Lipinski definition) is 1. The molecule has 1 aromatic rings. The van der Waals surface area contributed by atoms with Gasteiger partial charge in [-0.3, -0.25) is 4.90 Å². The van der Waals surface area contributed by atoms with Gasteiger partial charge in [0.2, 0.25) is 0 Å². The van der Waals surface area contributed by atoms with Gasteiger partial charge in [-0.25, -0.2) is 0 Å². The van der Waals surface area contributed by atoms with Crippen LogP contribution in [-0.4, -0.2) is 43.2 Å². The van der Waals surface area contributed by atoms with Crippen LogP contribution < -0.4 is 10.1 Å². The van der Waals surface area contributed by atoms with E-state index >= 15 is 0 Å². The zero-order valence-electron chi connectivity index (χ0n) is 13.1. The molecule has 0 spiro atoms. The predicted octanol–water partition coefficient (Wildman–Crippen LogP) is 2.92. The molecule has 3 nitrogen and oxygen atoms in total. The molecule has 116 valence electrons. The van der Waals surface area contributed by atoms with E-state index in [1.54, 1.807) is 0 Å². The van der Waals surface area contributed by atoms with Crippen molar-refractivity contribution in [1.82, 2.24) is 10.2 Å². The Morgan fingerprint density at radius 3 is 2.76 bits per heavy atom. The van der Waals surface area contributed by atoms with E-state index in [9.17, 15) is 0 Å². The van der Waals surface area contributed by atoms with Crippen molar-refractivity contribution < 1.29 is 4.74 Å². The Kier molecular flexibility index (Phi) is 5.15. The fourth-order valence-electron chi connectivity index (χ4n) is 3.26. The molecule has 2 aliphatic rings. The number of para-hydroxylation sites is 1. The van der Waals surface area contributed by atoms with Crippen LogP contribution in [0.4, 0.5) is 0 Å². The molecule has 3 rings (SSSR count). The Bertz CT molecular complexity index is 418. The van der Waals surface area contributed by atoms with E-state index in [1.165, 1.54) is 32.4 Å². The van der Waals surface area contributed by atoms with Gasteiger partial charge in [0.25, 0.3) is 0 Å². The van der Waals surface area contributed by atoms with Crippen molar-refractivity contribution in [3.8, 4) is 5.75 Å². The maximum absolute atomic E-state index is 5.81. The minimum absolute atomic E-state index is 0.693. The molecule has 0 radical (unpaired) electrons. The van der Waals surface area contributed by atoms with Crippen LogP contribution in [0.15, 0.2) is 30.3 Å². The number of ether oxygens (including phenoxy) is 1. The minimum Gasteiger partial charge on any atom is -0.494 e. The Labute approximate surface area is 128 Å². The number of rotatable bonds is 6. The van der Waals surface area contributed by atoms with Gasteiger partial charge >= 0.3 is 0 Å². The van der Waals surface area contributed by atoms with E-state index in [0.29, 0.717) is 6.04 Å². The first-order valence-corrected chi connectivity index (χ1v) is 8.48. The second kappa shape index (κ2) is 7.28. The fraction of sp³-hybridized carbons (Fsp3) is 0.667. The number of nitrogens with zero attached hydrogens (tertiary/aromatic N) is 1. The summed E-state index contributed by atoms with van der Waals surface area (Å²) in [5.74, 6) is 1.93. The molecule has 0 aromatic heterocycles. The largest absolute Gasteiger partial charge is 0.494 e. The molecule has 2 unspecified atom stereocenters. The van der Waals surface area contributed by atoms with Crippen molar-refractivity contribution in [1.29, 1.82) is 0 Å². The third kappa shape index (κ3) is 4.45. The molecule has 1 aliphatic carbocycles. The van der Waals surface area contributed by atoms with Gasteiger partial charge in [0, 0.05) is 25.2 Å². The quantitative estimate of drug-likeness (QED) is 0.815. The molecule has 1 saturated carbocycles. The van der Waals surface area contributed by atoms with Gasteiger partial charge in [-0.1, -0.05) is 18.2 Å². The molecule has 0 amide bonds. The Morgan fingerprint density at radius 2 is 2.00 bits per heavy atom. The van der Waals surface area contributed by atoms with E-state index in [0.717, 1.165) is 37.3 Å². The normalized spacial score (nSPS) is 27.3. The van der Waals surface area contributed by atoms with E-state index < -0.39 is 0 Å². The molecule has 0 bridgehead atoms. The molecular weight excluding hydrogens is 260 g/mol. The highest BCUT2D eigenvalue weighted by Crippen LogP contribution is 2.34. The van der Waals surface area contributed by atoms with Crippen LogP contribution >= 0.6 is 0 Å². The predicted molar refractivity (Wildman–Crippen MR) is 86.7 cm³/mol. The molecule has 1 heterocycles. The lowest BCUT2D eigenvalue weighted by atomic mass is 10.1. The van der Waals surface area contributed by atoms with Gasteiger partial charge in [-0.2, -0.15) is 0 Å². The second-order valence-corrected chi connectivity index (χ2v) is 6.55. The molecule has 21 heavy (non-hydrogen) atoms. The highest BCUT2D eigenvalue weighted by Gasteiger charge is 2.34. The van der Waals surface area contributed by atoms with E-state index in [-0.39, 0.29) is 0 Å². The van der Waals surface area contributed by atoms with Crippen LogP contribution in [-0.2, 0) is 0 Å². The summed E-state index contributed by atoms with van der Waals surface area (Å²) in [7, 11) is 0. The lowest BCUT2D eigenvalue weighted by Crippen LogP contribution is -2.42. The maximum Gasteiger partial charge on any atom is 0.119 e. The van der Waals surface area contributed by atoms with Crippen molar-refractivity contribution >= 4 is 0 Å².